The van der Waals surface area contributed by atoms with Crippen molar-refractivity contribution in [2.45, 2.75) is 57.1 Å². The van der Waals surface area contributed by atoms with Crippen molar-refractivity contribution in [2.75, 3.05) is 44.6 Å². The number of aliphatic hydroxyl groups is 1. The number of hydrogen-bond acceptors (Lipinski definition) is 11. The summed E-state index contributed by atoms with van der Waals surface area (Å²) in [6.45, 7) is 3.85. The number of aromatic amines is 1. The van der Waals surface area contributed by atoms with Crippen LogP contribution in [-0.2, 0) is 34.0 Å². The number of phenolic OH excluding ortho intramolecular Hbond substituents is 1. The number of piperidine rings is 3. The SMILES string of the molecule is O=C(C[C@@H](c1ccccc1)c1cccc(OCc2ccc(C(=O)OCCN(Cc3ccc(F)cc3)C(=O)Nc3ccc(CNC[C@H](O)c4ccc(O)c5[nH]c(=O)ccc45)cc3)cc2)c1)O[C@H]1CN2CCC1CC2. The lowest BCUT2D eigenvalue weighted by Gasteiger charge is -2.44. The molecule has 3 atom stereocenters. The van der Waals surface area contributed by atoms with Gasteiger partial charge in [-0.3, -0.25) is 14.5 Å². The maximum absolute atomic E-state index is 13.8. The van der Waals surface area contributed by atoms with Crippen molar-refractivity contribution < 1.29 is 43.2 Å². The highest BCUT2D eigenvalue weighted by Crippen LogP contribution is 2.34. The highest BCUT2D eigenvalue weighted by Gasteiger charge is 2.37. The Balaban J connectivity index is 0.758. The lowest BCUT2D eigenvalue weighted by molar-refractivity contribution is -0.159. The minimum absolute atomic E-state index is 0.0444. The van der Waals surface area contributed by atoms with E-state index in [0.29, 0.717) is 46.0 Å². The summed E-state index contributed by atoms with van der Waals surface area (Å²) in [5, 5.41) is 27.8. The number of anilines is 1. The van der Waals surface area contributed by atoms with E-state index in [1.54, 1.807) is 60.7 Å². The third-order valence-electron chi connectivity index (χ3n) is 13.6. The molecule has 14 nitrogen and oxygen atoms in total. The summed E-state index contributed by atoms with van der Waals surface area (Å²) in [4.78, 5) is 58.6. The number of rotatable bonds is 20. The Morgan fingerprint density at radius 2 is 1.53 bits per heavy atom. The van der Waals surface area contributed by atoms with Crippen LogP contribution < -0.4 is 20.9 Å². The van der Waals surface area contributed by atoms with Crippen molar-refractivity contribution in [1.29, 1.82) is 0 Å². The Bertz CT molecular complexity index is 3060. The normalized spacial score (nSPS) is 16.8. The molecule has 7 aromatic rings. The number of urea groups is 1. The van der Waals surface area contributed by atoms with Crippen molar-refractivity contribution in [3.8, 4) is 11.5 Å². The van der Waals surface area contributed by atoms with Gasteiger partial charge in [0.05, 0.1) is 30.1 Å². The predicted molar refractivity (Wildman–Crippen MR) is 275 cm³/mol. The molecular weight excluding hydrogens is 930 g/mol. The van der Waals surface area contributed by atoms with E-state index < -0.39 is 23.9 Å². The van der Waals surface area contributed by atoms with E-state index in [1.165, 1.54) is 29.2 Å². The van der Waals surface area contributed by atoms with Crippen LogP contribution in [0.15, 0.2) is 156 Å². The van der Waals surface area contributed by atoms with Gasteiger partial charge in [-0.2, -0.15) is 0 Å². The number of carbonyl (C=O) groups is 3. The van der Waals surface area contributed by atoms with Gasteiger partial charge in [-0.25, -0.2) is 14.0 Å². The van der Waals surface area contributed by atoms with Crippen molar-refractivity contribution in [2.24, 2.45) is 5.92 Å². The number of ether oxygens (including phenoxy) is 3. The van der Waals surface area contributed by atoms with Crippen LogP contribution in [0.2, 0.25) is 0 Å². The van der Waals surface area contributed by atoms with Crippen molar-refractivity contribution in [3.63, 3.8) is 0 Å². The Morgan fingerprint density at radius 1 is 0.808 bits per heavy atom. The number of H-pyrrole nitrogens is 1. The zero-order chi connectivity index (χ0) is 50.7. The molecule has 3 saturated heterocycles. The molecule has 3 fully saturated rings. The molecule has 15 heteroatoms. The lowest BCUT2D eigenvalue weighted by Crippen LogP contribution is -2.52. The topological polar surface area (TPSA) is 183 Å². The summed E-state index contributed by atoms with van der Waals surface area (Å²) in [5.41, 5.74) is 5.65. The first kappa shape index (κ1) is 50.1. The van der Waals surface area contributed by atoms with E-state index >= 15 is 0 Å². The molecule has 1 aromatic heterocycles. The van der Waals surface area contributed by atoms with E-state index in [2.05, 4.69) is 20.5 Å². The van der Waals surface area contributed by atoms with Crippen LogP contribution in [0.3, 0.4) is 0 Å². The third-order valence-corrected chi connectivity index (χ3v) is 13.6. The number of amides is 2. The second-order valence-electron chi connectivity index (χ2n) is 18.6. The summed E-state index contributed by atoms with van der Waals surface area (Å²) in [5.74, 6) is -0.395. The summed E-state index contributed by atoms with van der Waals surface area (Å²) < 4.78 is 31.7. The summed E-state index contributed by atoms with van der Waals surface area (Å²) in [7, 11) is 0. The highest BCUT2D eigenvalue weighted by atomic mass is 19.1. The first-order valence-corrected chi connectivity index (χ1v) is 24.6. The molecule has 0 saturated carbocycles. The first-order valence-electron chi connectivity index (χ1n) is 24.6. The molecule has 4 heterocycles. The Kier molecular flexibility index (Phi) is 16.2. The first-order chi connectivity index (χ1) is 35.5. The van der Waals surface area contributed by atoms with Crippen LogP contribution in [0.5, 0.6) is 11.5 Å². The van der Waals surface area contributed by atoms with Gasteiger partial charge in [-0.15, -0.1) is 0 Å². The molecule has 3 aliphatic heterocycles. The lowest BCUT2D eigenvalue weighted by atomic mass is 9.85. The van der Waals surface area contributed by atoms with Gasteiger partial charge in [0.1, 0.15) is 36.6 Å². The summed E-state index contributed by atoms with van der Waals surface area (Å²) >= 11 is 0. The molecule has 3 aliphatic rings. The fourth-order valence-electron chi connectivity index (χ4n) is 9.58. The van der Waals surface area contributed by atoms with Crippen molar-refractivity contribution in [1.82, 2.24) is 20.1 Å². The Labute approximate surface area is 422 Å². The number of hydrogen-bond donors (Lipinski definition) is 5. The smallest absolute Gasteiger partial charge is 0.338 e. The second-order valence-corrected chi connectivity index (χ2v) is 18.6. The molecule has 5 N–H and O–H groups in total. The van der Waals surface area contributed by atoms with E-state index in [9.17, 15) is 33.8 Å². The van der Waals surface area contributed by atoms with Gasteiger partial charge >= 0.3 is 18.0 Å². The van der Waals surface area contributed by atoms with Crippen molar-refractivity contribution >= 4 is 34.6 Å². The molecule has 2 amide bonds. The molecule has 376 valence electrons. The molecular formula is C58H58FN5O9. The van der Waals surface area contributed by atoms with Gasteiger partial charge in [0.25, 0.3) is 0 Å². The fraction of sp³-hybridized carbons (Fsp3) is 0.276. The molecule has 73 heavy (non-hydrogen) atoms. The van der Waals surface area contributed by atoms with Crippen LogP contribution in [0.1, 0.15) is 75.0 Å². The fourth-order valence-corrected chi connectivity index (χ4v) is 9.58. The average molecular weight is 988 g/mol. The average Bonchev–Trinajstić information content (AvgIpc) is 3.41. The molecule has 0 aliphatic carbocycles. The number of carbonyl (C=O) groups excluding carboxylic acids is 3. The number of aromatic hydroxyl groups is 1. The Morgan fingerprint density at radius 3 is 2.27 bits per heavy atom. The molecule has 6 aromatic carbocycles. The minimum Gasteiger partial charge on any atom is -0.506 e. The van der Waals surface area contributed by atoms with Crippen LogP contribution in [0.4, 0.5) is 14.9 Å². The van der Waals surface area contributed by atoms with Crippen LogP contribution >= 0.6 is 0 Å². The number of esters is 2. The van der Waals surface area contributed by atoms with Gasteiger partial charge < -0.3 is 44.9 Å². The zero-order valence-corrected chi connectivity index (χ0v) is 40.3. The van der Waals surface area contributed by atoms with E-state index in [0.717, 1.165) is 54.7 Å². The van der Waals surface area contributed by atoms with E-state index in [4.69, 9.17) is 14.2 Å². The van der Waals surface area contributed by atoms with Gasteiger partial charge in [-0.05, 0) is 126 Å². The molecule has 0 radical (unpaired) electrons. The molecule has 0 spiro atoms. The Hall–Kier alpha value is -7.85. The number of phenols is 1. The van der Waals surface area contributed by atoms with Crippen LogP contribution in [0.25, 0.3) is 10.9 Å². The van der Waals surface area contributed by atoms with Crippen molar-refractivity contribution in [3.05, 3.63) is 207 Å². The van der Waals surface area contributed by atoms with E-state index in [1.807, 2.05) is 66.7 Å². The van der Waals surface area contributed by atoms with E-state index in [-0.39, 0.29) is 74.1 Å². The number of nitrogens with zero attached hydrogens (tertiary/aromatic N) is 2. The van der Waals surface area contributed by atoms with Crippen LogP contribution in [-0.4, -0.2) is 88.4 Å². The molecule has 0 unspecified atom stereocenters. The molecule has 2 bridgehead atoms. The third kappa shape index (κ3) is 13.2. The quantitative estimate of drug-likeness (QED) is 0.0460. The second kappa shape index (κ2) is 23.6. The minimum atomic E-state index is -0.924. The molecule has 10 rings (SSSR count). The summed E-state index contributed by atoms with van der Waals surface area (Å²) in [6, 6.07) is 43.1. The summed E-state index contributed by atoms with van der Waals surface area (Å²) in [6.07, 6.45) is 1.38. The number of aromatic nitrogens is 1. The highest BCUT2D eigenvalue weighted by molar-refractivity contribution is 5.90. The zero-order valence-electron chi connectivity index (χ0n) is 40.3. The number of pyridine rings is 1. The van der Waals surface area contributed by atoms with Gasteiger partial charge in [0, 0.05) is 49.2 Å². The number of halogens is 1. The maximum atomic E-state index is 13.8. The van der Waals surface area contributed by atoms with Gasteiger partial charge in [0.15, 0.2) is 0 Å². The van der Waals surface area contributed by atoms with Gasteiger partial charge in [0.2, 0.25) is 5.56 Å². The van der Waals surface area contributed by atoms with Gasteiger partial charge in [-0.1, -0.05) is 84.9 Å². The monoisotopic (exact) mass is 987 g/mol. The number of fused-ring (bicyclic) bond motifs is 4. The standard InChI is InChI=1S/C58H58FN5O9/c59-45-17-11-39(12-18-45)35-64(58(70)61-46-19-13-38(14-20-46)33-60-34-52(66)48-21-23-51(65)56-49(48)22-24-54(67)62-56)29-30-71-57(69)43-15-9-40(10-16-43)37-72-47-8-4-7-44(31-47)50(41-5-2-1-3-6-41)32-55(68)73-53-36-63-27-25-42(53)26-28-63/h1-24,31,42,50,52-53,60,65-66H,25-30,32-37H2,(H,61,70)(H,62,67)/t50-,52-,53-/m0/s1. The number of benzene rings is 6. The predicted octanol–water partition coefficient (Wildman–Crippen LogP) is 8.83. The van der Waals surface area contributed by atoms with Crippen LogP contribution in [0, 0.1) is 11.7 Å². The maximum Gasteiger partial charge on any atom is 0.338 e. The number of nitrogens with one attached hydrogen (secondary N) is 3. The largest absolute Gasteiger partial charge is 0.506 e. The number of aliphatic hydroxyl groups excluding tert-OH is 1.